The Morgan fingerprint density at radius 1 is 1.60 bits per heavy atom. The van der Waals surface area contributed by atoms with Crippen LogP contribution in [0.3, 0.4) is 0 Å². The van der Waals surface area contributed by atoms with E-state index in [1.54, 1.807) is 6.20 Å². The highest BCUT2D eigenvalue weighted by Crippen LogP contribution is 2.34. The van der Waals surface area contributed by atoms with Crippen LogP contribution in [-0.2, 0) is 0 Å². The fourth-order valence-corrected chi connectivity index (χ4v) is 2.82. The quantitative estimate of drug-likeness (QED) is 0.755. The van der Waals surface area contributed by atoms with E-state index in [0.29, 0.717) is 0 Å². The highest BCUT2D eigenvalue weighted by Gasteiger charge is 2.36. The zero-order valence-corrected chi connectivity index (χ0v) is 8.80. The largest absolute Gasteiger partial charge is 0.357 e. The van der Waals surface area contributed by atoms with Gasteiger partial charge < -0.3 is 4.52 Å². The van der Waals surface area contributed by atoms with Gasteiger partial charge in [-0.2, -0.15) is 0 Å². The third-order valence-electron chi connectivity index (χ3n) is 3.59. The van der Waals surface area contributed by atoms with Crippen molar-refractivity contribution in [1.29, 1.82) is 0 Å². The Morgan fingerprint density at radius 3 is 3.27 bits per heavy atom. The van der Waals surface area contributed by atoms with Crippen molar-refractivity contribution in [1.82, 2.24) is 10.1 Å². The molecule has 0 aromatic carbocycles. The molecule has 3 nitrogen and oxygen atoms in total. The van der Waals surface area contributed by atoms with Crippen molar-refractivity contribution < 1.29 is 4.52 Å². The molecule has 0 radical (unpaired) electrons. The molecule has 2 saturated heterocycles. The highest BCUT2D eigenvalue weighted by molar-refractivity contribution is 5.41. The Labute approximate surface area is 89.7 Å². The summed E-state index contributed by atoms with van der Waals surface area (Å²) < 4.78 is 5.01. The number of fused-ring (bicyclic) bond motifs is 2. The lowest BCUT2D eigenvalue weighted by Gasteiger charge is -2.23. The van der Waals surface area contributed by atoms with Gasteiger partial charge in [0.25, 0.3) is 0 Å². The van der Waals surface area contributed by atoms with Crippen LogP contribution >= 0.6 is 0 Å². The lowest BCUT2D eigenvalue weighted by Crippen LogP contribution is -2.28. The van der Waals surface area contributed by atoms with Crippen LogP contribution in [-0.4, -0.2) is 29.2 Å². The molecule has 2 bridgehead atoms. The highest BCUT2D eigenvalue weighted by atomic mass is 16.5. The van der Waals surface area contributed by atoms with Gasteiger partial charge in [-0.05, 0) is 37.8 Å². The molecule has 3 atom stereocenters. The second kappa shape index (κ2) is 3.81. The molecule has 3 heteroatoms. The third-order valence-corrected chi connectivity index (χ3v) is 3.59. The van der Waals surface area contributed by atoms with Crippen LogP contribution in [0.2, 0.25) is 0 Å². The van der Waals surface area contributed by atoms with Gasteiger partial charge in [-0.1, -0.05) is 11.2 Å². The smallest absolute Gasteiger partial charge is 0.159 e. The number of nitrogens with zero attached hydrogens (tertiary/aromatic N) is 2. The van der Waals surface area contributed by atoms with Gasteiger partial charge in [0.2, 0.25) is 0 Å². The summed E-state index contributed by atoms with van der Waals surface area (Å²) in [6, 6.07) is 2.67. The molecule has 0 aliphatic carbocycles. The van der Waals surface area contributed by atoms with E-state index in [1.807, 2.05) is 12.1 Å². The Balaban J connectivity index is 1.54. The first-order valence-electron chi connectivity index (χ1n) is 5.73. The third kappa shape index (κ3) is 1.84. The van der Waals surface area contributed by atoms with Crippen molar-refractivity contribution in [2.75, 3.05) is 13.1 Å². The number of hydrogen-bond donors (Lipinski definition) is 0. The SMILES string of the molecule is C(=Cc1ccno1)CC1CC2CCN1C2. The summed E-state index contributed by atoms with van der Waals surface area (Å²) in [6.07, 6.45) is 9.88. The molecule has 0 N–H and O–H groups in total. The molecule has 15 heavy (non-hydrogen) atoms. The molecule has 2 fully saturated rings. The average molecular weight is 204 g/mol. The maximum Gasteiger partial charge on any atom is 0.159 e. The van der Waals surface area contributed by atoms with Gasteiger partial charge in [-0.25, -0.2) is 0 Å². The molecule has 3 heterocycles. The first-order valence-corrected chi connectivity index (χ1v) is 5.73. The molecule has 0 spiro atoms. The van der Waals surface area contributed by atoms with Crippen LogP contribution in [0.4, 0.5) is 0 Å². The summed E-state index contributed by atoms with van der Waals surface area (Å²) in [5.74, 6) is 1.84. The van der Waals surface area contributed by atoms with Crippen molar-refractivity contribution in [3.8, 4) is 0 Å². The van der Waals surface area contributed by atoms with Crippen LogP contribution in [0.25, 0.3) is 6.08 Å². The lowest BCUT2D eigenvalue weighted by molar-refractivity contribution is 0.263. The molecule has 80 valence electrons. The Hall–Kier alpha value is -1.09. The van der Waals surface area contributed by atoms with Gasteiger partial charge in [0.1, 0.15) is 0 Å². The summed E-state index contributed by atoms with van der Waals surface area (Å²) in [4.78, 5) is 2.62. The molecule has 2 aliphatic rings. The Morgan fingerprint density at radius 2 is 2.60 bits per heavy atom. The number of piperidine rings is 1. The molecular weight excluding hydrogens is 188 g/mol. The van der Waals surface area contributed by atoms with Gasteiger partial charge in [-0.15, -0.1) is 0 Å². The van der Waals surface area contributed by atoms with E-state index in [9.17, 15) is 0 Å². The molecule has 1 aromatic rings. The van der Waals surface area contributed by atoms with Gasteiger partial charge in [-0.3, -0.25) is 4.90 Å². The average Bonchev–Trinajstić information content (AvgIpc) is 2.93. The van der Waals surface area contributed by atoms with Crippen molar-refractivity contribution in [2.45, 2.75) is 25.3 Å². The van der Waals surface area contributed by atoms with E-state index in [1.165, 1.54) is 25.9 Å². The van der Waals surface area contributed by atoms with Crippen LogP contribution in [0.15, 0.2) is 22.9 Å². The summed E-state index contributed by atoms with van der Waals surface area (Å²) in [5.41, 5.74) is 0. The number of aromatic nitrogens is 1. The summed E-state index contributed by atoms with van der Waals surface area (Å²) in [6.45, 7) is 2.65. The van der Waals surface area contributed by atoms with Gasteiger partial charge in [0, 0.05) is 18.7 Å². The first-order chi connectivity index (χ1) is 7.42. The second-order valence-electron chi connectivity index (χ2n) is 4.59. The molecule has 2 aliphatic heterocycles. The number of rotatable bonds is 3. The Kier molecular flexibility index (Phi) is 2.33. The van der Waals surface area contributed by atoms with Crippen LogP contribution in [0, 0.1) is 5.92 Å². The molecule has 0 amide bonds. The predicted molar refractivity (Wildman–Crippen MR) is 58.2 cm³/mol. The van der Waals surface area contributed by atoms with Crippen molar-refractivity contribution >= 4 is 6.08 Å². The summed E-state index contributed by atoms with van der Waals surface area (Å²) in [7, 11) is 0. The summed E-state index contributed by atoms with van der Waals surface area (Å²) >= 11 is 0. The van der Waals surface area contributed by atoms with Crippen LogP contribution < -0.4 is 0 Å². The van der Waals surface area contributed by atoms with E-state index >= 15 is 0 Å². The van der Waals surface area contributed by atoms with E-state index in [4.69, 9.17) is 4.52 Å². The minimum atomic E-state index is 0.780. The standard InChI is InChI=1S/C12H16N2O/c1(3-12-4-6-13-15-12)2-11-8-10-5-7-14(11)9-10/h1,3-4,6,10-11H,2,5,7-9H2. The minimum Gasteiger partial charge on any atom is -0.357 e. The van der Waals surface area contributed by atoms with Crippen LogP contribution in [0.5, 0.6) is 0 Å². The fraction of sp³-hybridized carbons (Fsp3) is 0.583. The Bertz CT molecular complexity index is 345. The molecule has 0 saturated carbocycles. The fourth-order valence-electron chi connectivity index (χ4n) is 2.82. The topological polar surface area (TPSA) is 29.3 Å². The van der Waals surface area contributed by atoms with Crippen molar-refractivity contribution in [2.24, 2.45) is 5.92 Å². The monoisotopic (exact) mass is 204 g/mol. The summed E-state index contributed by atoms with van der Waals surface area (Å²) in [5, 5.41) is 3.67. The minimum absolute atomic E-state index is 0.780. The molecule has 3 rings (SSSR count). The zero-order chi connectivity index (χ0) is 10.1. The maximum absolute atomic E-state index is 5.01. The first kappa shape index (κ1) is 9.16. The van der Waals surface area contributed by atoms with Crippen LogP contribution in [0.1, 0.15) is 25.0 Å². The second-order valence-corrected chi connectivity index (χ2v) is 4.59. The zero-order valence-electron chi connectivity index (χ0n) is 8.80. The molecule has 1 aromatic heterocycles. The van der Waals surface area contributed by atoms with E-state index in [0.717, 1.165) is 24.1 Å². The van der Waals surface area contributed by atoms with E-state index < -0.39 is 0 Å². The normalized spacial score (nSPS) is 34.3. The van der Waals surface area contributed by atoms with E-state index in [-0.39, 0.29) is 0 Å². The number of hydrogen-bond acceptors (Lipinski definition) is 3. The van der Waals surface area contributed by atoms with E-state index in [2.05, 4.69) is 16.1 Å². The van der Waals surface area contributed by atoms with Crippen molar-refractivity contribution in [3.63, 3.8) is 0 Å². The lowest BCUT2D eigenvalue weighted by atomic mass is 9.98. The maximum atomic E-state index is 5.01. The predicted octanol–water partition coefficient (Wildman–Crippen LogP) is 2.17. The van der Waals surface area contributed by atoms with Crippen molar-refractivity contribution in [3.05, 3.63) is 24.1 Å². The van der Waals surface area contributed by atoms with Gasteiger partial charge in [0.15, 0.2) is 5.76 Å². The molecular formula is C12H16N2O. The van der Waals surface area contributed by atoms with Gasteiger partial charge in [0.05, 0.1) is 6.20 Å². The molecule has 3 unspecified atom stereocenters. The van der Waals surface area contributed by atoms with Gasteiger partial charge >= 0.3 is 0 Å².